The molecule has 3 heterocycles. The lowest BCUT2D eigenvalue weighted by molar-refractivity contribution is 0.0583. The summed E-state index contributed by atoms with van der Waals surface area (Å²) in [4.78, 5) is 9.79. The third-order valence-corrected chi connectivity index (χ3v) is 5.63. The van der Waals surface area contributed by atoms with Gasteiger partial charge in [-0.15, -0.1) is 0 Å². The Morgan fingerprint density at radius 2 is 2.04 bits per heavy atom. The molecular formula is C22H26N4O2. The third-order valence-electron chi connectivity index (χ3n) is 5.63. The van der Waals surface area contributed by atoms with Crippen LogP contribution in [0.1, 0.15) is 18.4 Å². The maximum absolute atomic E-state index is 5.89. The minimum atomic E-state index is 0.343. The Bertz CT molecular complexity index is 950. The van der Waals surface area contributed by atoms with Crippen molar-refractivity contribution in [2.75, 3.05) is 31.8 Å². The van der Waals surface area contributed by atoms with Gasteiger partial charge >= 0.3 is 0 Å². The van der Waals surface area contributed by atoms with Gasteiger partial charge in [-0.2, -0.15) is 0 Å². The van der Waals surface area contributed by atoms with Gasteiger partial charge in [0.15, 0.2) is 0 Å². The quantitative estimate of drug-likeness (QED) is 0.680. The van der Waals surface area contributed by atoms with Crippen molar-refractivity contribution in [3.8, 4) is 5.75 Å². The smallest absolute Gasteiger partial charge is 0.209 e. The van der Waals surface area contributed by atoms with Crippen LogP contribution in [-0.4, -0.2) is 47.5 Å². The highest BCUT2D eigenvalue weighted by Gasteiger charge is 2.28. The second-order valence-corrected chi connectivity index (χ2v) is 7.65. The van der Waals surface area contributed by atoms with Crippen molar-refractivity contribution in [2.45, 2.75) is 32.2 Å². The van der Waals surface area contributed by atoms with E-state index < -0.39 is 0 Å². The molecule has 0 bridgehead atoms. The van der Waals surface area contributed by atoms with Gasteiger partial charge < -0.3 is 14.4 Å². The lowest BCUT2D eigenvalue weighted by Crippen LogP contribution is -2.47. The van der Waals surface area contributed by atoms with Gasteiger partial charge in [0, 0.05) is 25.8 Å². The molecule has 1 fully saturated rings. The zero-order valence-electron chi connectivity index (χ0n) is 16.3. The number of fused-ring (bicyclic) bond motifs is 3. The second kappa shape index (κ2) is 7.45. The van der Waals surface area contributed by atoms with Crippen molar-refractivity contribution < 1.29 is 9.47 Å². The van der Waals surface area contributed by atoms with Crippen LogP contribution in [0.4, 0.5) is 5.95 Å². The second-order valence-electron chi connectivity index (χ2n) is 7.65. The summed E-state index contributed by atoms with van der Waals surface area (Å²) < 4.78 is 13.6. The molecule has 0 spiro atoms. The maximum atomic E-state index is 5.89. The largest absolute Gasteiger partial charge is 0.497 e. The average molecular weight is 378 g/mol. The summed E-state index contributed by atoms with van der Waals surface area (Å²) in [6.07, 6.45) is 2.67. The Balaban J connectivity index is 1.50. The monoisotopic (exact) mass is 378 g/mol. The lowest BCUT2D eigenvalue weighted by atomic mass is 10.2. The zero-order valence-corrected chi connectivity index (χ0v) is 16.3. The molecule has 0 unspecified atom stereocenters. The van der Waals surface area contributed by atoms with Crippen molar-refractivity contribution >= 4 is 17.0 Å². The molecule has 146 valence electrons. The summed E-state index contributed by atoms with van der Waals surface area (Å²) in [6, 6.07) is 16.7. The van der Waals surface area contributed by atoms with Crippen molar-refractivity contribution in [3.63, 3.8) is 0 Å². The number of methoxy groups -OCH3 is 1. The number of ether oxygens (including phenoxy) is 2. The van der Waals surface area contributed by atoms with Gasteiger partial charge in [-0.05, 0) is 30.5 Å². The van der Waals surface area contributed by atoms with Crippen LogP contribution >= 0.6 is 0 Å². The van der Waals surface area contributed by atoms with Crippen LogP contribution in [0.15, 0.2) is 48.5 Å². The van der Waals surface area contributed by atoms with Gasteiger partial charge in [-0.1, -0.05) is 30.3 Å². The van der Waals surface area contributed by atoms with E-state index in [4.69, 9.17) is 14.5 Å². The Labute approximate surface area is 165 Å². The zero-order chi connectivity index (χ0) is 18.9. The molecule has 5 rings (SSSR count). The highest BCUT2D eigenvalue weighted by Crippen LogP contribution is 2.30. The molecule has 3 aromatic rings. The highest BCUT2D eigenvalue weighted by molar-refractivity contribution is 5.80. The van der Waals surface area contributed by atoms with Crippen LogP contribution in [0.5, 0.6) is 5.75 Å². The molecule has 6 heteroatoms. The first kappa shape index (κ1) is 17.5. The fraction of sp³-hybridized carbons (Fsp3) is 0.409. The van der Waals surface area contributed by atoms with E-state index in [1.54, 1.807) is 7.11 Å². The Hall–Kier alpha value is -2.57. The normalized spacial score (nSPS) is 19.9. The first-order valence-corrected chi connectivity index (χ1v) is 9.97. The first-order valence-electron chi connectivity index (χ1n) is 9.97. The number of hydrogen-bond donors (Lipinski definition) is 0. The van der Waals surface area contributed by atoms with E-state index in [0.29, 0.717) is 6.10 Å². The summed E-state index contributed by atoms with van der Waals surface area (Å²) in [5.41, 5.74) is 3.41. The van der Waals surface area contributed by atoms with E-state index in [2.05, 4.69) is 50.8 Å². The van der Waals surface area contributed by atoms with Crippen molar-refractivity contribution in [1.82, 2.24) is 14.5 Å². The fourth-order valence-electron chi connectivity index (χ4n) is 4.27. The molecule has 1 saturated heterocycles. The average Bonchev–Trinajstić information content (AvgIpc) is 3.36. The molecule has 0 saturated carbocycles. The number of rotatable bonds is 5. The van der Waals surface area contributed by atoms with Gasteiger partial charge in [0.2, 0.25) is 5.95 Å². The summed E-state index contributed by atoms with van der Waals surface area (Å²) in [5, 5.41) is 0. The SMILES string of the molecule is COc1ccc2c(c1)nc1n2CN(C[C@H]2CCCO2)CN1Cc1ccccc1. The number of imidazole rings is 1. The van der Waals surface area contributed by atoms with Crippen LogP contribution in [0.3, 0.4) is 0 Å². The molecule has 2 aliphatic rings. The van der Waals surface area contributed by atoms with Crippen molar-refractivity contribution in [1.29, 1.82) is 0 Å². The number of hydrogen-bond acceptors (Lipinski definition) is 5. The van der Waals surface area contributed by atoms with Gasteiger partial charge in [0.1, 0.15) is 5.75 Å². The minimum absolute atomic E-state index is 0.343. The molecule has 2 aromatic carbocycles. The summed E-state index contributed by atoms with van der Waals surface area (Å²) in [6.45, 7) is 4.38. The number of benzene rings is 2. The molecule has 1 atom stereocenters. The first-order chi connectivity index (χ1) is 13.8. The molecule has 0 aliphatic carbocycles. The fourth-order valence-corrected chi connectivity index (χ4v) is 4.27. The van der Waals surface area contributed by atoms with Crippen LogP contribution in [-0.2, 0) is 18.0 Å². The van der Waals surface area contributed by atoms with Gasteiger partial charge in [-0.25, -0.2) is 4.98 Å². The summed E-state index contributed by atoms with van der Waals surface area (Å²) >= 11 is 0. The van der Waals surface area contributed by atoms with Crippen molar-refractivity contribution in [3.05, 3.63) is 54.1 Å². The predicted molar refractivity (Wildman–Crippen MR) is 109 cm³/mol. The van der Waals surface area contributed by atoms with Gasteiger partial charge in [0.05, 0.1) is 37.6 Å². The molecule has 0 N–H and O–H groups in total. The predicted octanol–water partition coefficient (Wildman–Crippen LogP) is 3.46. The number of nitrogens with zero attached hydrogens (tertiary/aromatic N) is 4. The molecule has 0 amide bonds. The Morgan fingerprint density at radius 3 is 2.82 bits per heavy atom. The highest BCUT2D eigenvalue weighted by atomic mass is 16.5. The lowest BCUT2D eigenvalue weighted by Gasteiger charge is -2.38. The molecule has 6 nitrogen and oxygen atoms in total. The van der Waals surface area contributed by atoms with Crippen LogP contribution in [0.2, 0.25) is 0 Å². The molecule has 28 heavy (non-hydrogen) atoms. The molecular weight excluding hydrogens is 352 g/mol. The summed E-state index contributed by atoms with van der Waals surface area (Å²) in [7, 11) is 1.70. The summed E-state index contributed by atoms with van der Waals surface area (Å²) in [5.74, 6) is 1.87. The standard InChI is InChI=1S/C22H26N4O2/c1-27-18-9-10-21-20(12-18)23-22-25(13-17-6-3-2-4-7-17)15-24(16-26(21)22)14-19-8-5-11-28-19/h2-4,6-7,9-10,12,19H,5,8,11,13-16H2,1H3/t19-/m1/s1. The van der Waals surface area contributed by atoms with Crippen molar-refractivity contribution in [2.24, 2.45) is 0 Å². The topological polar surface area (TPSA) is 42.8 Å². The van der Waals surface area contributed by atoms with E-state index >= 15 is 0 Å². The van der Waals surface area contributed by atoms with E-state index in [0.717, 1.165) is 62.2 Å². The van der Waals surface area contributed by atoms with E-state index in [-0.39, 0.29) is 0 Å². The van der Waals surface area contributed by atoms with Crippen LogP contribution < -0.4 is 9.64 Å². The van der Waals surface area contributed by atoms with E-state index in [1.165, 1.54) is 12.0 Å². The van der Waals surface area contributed by atoms with Gasteiger partial charge in [0.25, 0.3) is 0 Å². The minimum Gasteiger partial charge on any atom is -0.497 e. The van der Waals surface area contributed by atoms with Crippen LogP contribution in [0.25, 0.3) is 11.0 Å². The van der Waals surface area contributed by atoms with Crippen LogP contribution in [0, 0.1) is 0 Å². The molecule has 1 aromatic heterocycles. The Morgan fingerprint density at radius 1 is 1.14 bits per heavy atom. The van der Waals surface area contributed by atoms with E-state index in [1.807, 2.05) is 12.1 Å². The van der Waals surface area contributed by atoms with Gasteiger partial charge in [-0.3, -0.25) is 9.47 Å². The Kier molecular flexibility index (Phi) is 4.66. The number of anilines is 1. The molecule has 2 aliphatic heterocycles. The number of aromatic nitrogens is 2. The third kappa shape index (κ3) is 3.34. The molecule has 0 radical (unpaired) electrons. The maximum Gasteiger partial charge on any atom is 0.209 e. The van der Waals surface area contributed by atoms with E-state index in [9.17, 15) is 0 Å².